The van der Waals surface area contributed by atoms with Gasteiger partial charge in [0.15, 0.2) is 0 Å². The van der Waals surface area contributed by atoms with Gasteiger partial charge in [-0.3, -0.25) is 4.90 Å². The number of ether oxygens (including phenoxy) is 1. The van der Waals surface area contributed by atoms with Crippen LogP contribution in [0.3, 0.4) is 0 Å². The summed E-state index contributed by atoms with van der Waals surface area (Å²) in [6.45, 7) is 4.01. The number of nitrogens with zero attached hydrogens (tertiary/aromatic N) is 1. The first kappa shape index (κ1) is 9.69. The summed E-state index contributed by atoms with van der Waals surface area (Å²) < 4.78 is 5.67. The molecule has 0 N–H and O–H groups in total. The molecule has 1 heterocycles. The van der Waals surface area contributed by atoms with Crippen molar-refractivity contribution < 1.29 is 4.74 Å². The summed E-state index contributed by atoms with van der Waals surface area (Å²) >= 11 is 0. The molecule has 2 rings (SSSR count). The third kappa shape index (κ3) is 1.81. The van der Waals surface area contributed by atoms with E-state index in [-0.39, 0.29) is 6.10 Å². The van der Waals surface area contributed by atoms with Crippen molar-refractivity contribution in [3.05, 3.63) is 35.9 Å². The number of hydrogen-bond donors (Lipinski definition) is 0. The molecule has 1 aliphatic rings. The van der Waals surface area contributed by atoms with Crippen molar-refractivity contribution in [3.63, 3.8) is 0 Å². The van der Waals surface area contributed by atoms with Crippen LogP contribution in [0.4, 0.5) is 0 Å². The Morgan fingerprint density at radius 3 is 2.64 bits per heavy atom. The molecule has 0 spiro atoms. The summed E-state index contributed by atoms with van der Waals surface area (Å²) in [5.74, 6) is 0. The van der Waals surface area contributed by atoms with Crippen LogP contribution in [-0.2, 0) is 4.74 Å². The van der Waals surface area contributed by atoms with E-state index in [0.717, 1.165) is 13.2 Å². The molecule has 0 bridgehead atoms. The second-order valence-electron chi connectivity index (χ2n) is 3.91. The monoisotopic (exact) mass is 191 g/mol. The molecule has 1 saturated heterocycles. The Hall–Kier alpha value is -0.860. The summed E-state index contributed by atoms with van der Waals surface area (Å²) in [5, 5.41) is 0. The van der Waals surface area contributed by atoms with Gasteiger partial charge in [-0.15, -0.1) is 0 Å². The molecule has 0 aliphatic carbocycles. The van der Waals surface area contributed by atoms with Gasteiger partial charge in [0.2, 0.25) is 0 Å². The maximum atomic E-state index is 5.67. The molecular formula is C12H17NO. The van der Waals surface area contributed by atoms with Gasteiger partial charge >= 0.3 is 0 Å². The average Bonchev–Trinajstić information content (AvgIpc) is 2.19. The minimum atomic E-state index is 0.288. The Balaban J connectivity index is 2.23. The summed E-state index contributed by atoms with van der Waals surface area (Å²) in [6.07, 6.45) is 0.288. The zero-order valence-corrected chi connectivity index (χ0v) is 8.81. The molecule has 0 amide bonds. The van der Waals surface area contributed by atoms with E-state index in [1.54, 1.807) is 0 Å². The first-order valence-electron chi connectivity index (χ1n) is 5.16. The van der Waals surface area contributed by atoms with Crippen molar-refractivity contribution in [2.45, 2.75) is 19.1 Å². The van der Waals surface area contributed by atoms with Crippen molar-refractivity contribution in [2.75, 3.05) is 20.2 Å². The van der Waals surface area contributed by atoms with Gasteiger partial charge in [0.05, 0.1) is 18.8 Å². The minimum Gasteiger partial charge on any atom is -0.375 e. The van der Waals surface area contributed by atoms with Gasteiger partial charge in [0.1, 0.15) is 0 Å². The van der Waals surface area contributed by atoms with Crippen molar-refractivity contribution in [1.29, 1.82) is 0 Å². The maximum absolute atomic E-state index is 5.67. The molecular weight excluding hydrogens is 174 g/mol. The second kappa shape index (κ2) is 4.11. The van der Waals surface area contributed by atoms with E-state index in [9.17, 15) is 0 Å². The molecule has 0 radical (unpaired) electrons. The van der Waals surface area contributed by atoms with Crippen LogP contribution < -0.4 is 0 Å². The van der Waals surface area contributed by atoms with Gasteiger partial charge in [-0.05, 0) is 19.5 Å². The SMILES string of the molecule is C[C@H]1OCCN(C)[C@@H]1c1ccccc1. The smallest absolute Gasteiger partial charge is 0.0744 e. The summed E-state index contributed by atoms with van der Waals surface area (Å²) in [4.78, 5) is 2.36. The zero-order chi connectivity index (χ0) is 9.97. The Labute approximate surface area is 85.5 Å². The fraction of sp³-hybridized carbons (Fsp3) is 0.500. The van der Waals surface area contributed by atoms with Crippen LogP contribution in [-0.4, -0.2) is 31.2 Å². The number of rotatable bonds is 1. The molecule has 0 saturated carbocycles. The van der Waals surface area contributed by atoms with E-state index in [1.807, 2.05) is 0 Å². The van der Waals surface area contributed by atoms with Gasteiger partial charge < -0.3 is 4.74 Å². The molecule has 2 atom stereocenters. The molecule has 0 unspecified atom stereocenters. The van der Waals surface area contributed by atoms with E-state index < -0.39 is 0 Å². The van der Waals surface area contributed by atoms with Crippen molar-refractivity contribution in [1.82, 2.24) is 4.90 Å². The van der Waals surface area contributed by atoms with Crippen molar-refractivity contribution in [2.24, 2.45) is 0 Å². The number of morpholine rings is 1. The van der Waals surface area contributed by atoms with E-state index in [2.05, 4.69) is 49.2 Å². The topological polar surface area (TPSA) is 12.5 Å². The minimum absolute atomic E-state index is 0.288. The lowest BCUT2D eigenvalue weighted by atomic mass is 10.00. The van der Waals surface area contributed by atoms with Crippen molar-refractivity contribution in [3.8, 4) is 0 Å². The lowest BCUT2D eigenvalue weighted by Crippen LogP contribution is -2.41. The summed E-state index contributed by atoms with van der Waals surface area (Å²) in [7, 11) is 2.16. The van der Waals surface area contributed by atoms with E-state index in [1.165, 1.54) is 5.56 Å². The summed E-state index contributed by atoms with van der Waals surface area (Å²) in [6, 6.07) is 11.0. The highest BCUT2D eigenvalue weighted by atomic mass is 16.5. The zero-order valence-electron chi connectivity index (χ0n) is 8.81. The highest BCUT2D eigenvalue weighted by Crippen LogP contribution is 2.27. The lowest BCUT2D eigenvalue weighted by Gasteiger charge is -2.37. The average molecular weight is 191 g/mol. The van der Waals surface area contributed by atoms with Gasteiger partial charge in [-0.1, -0.05) is 30.3 Å². The van der Waals surface area contributed by atoms with Gasteiger partial charge in [0, 0.05) is 6.54 Å². The first-order valence-corrected chi connectivity index (χ1v) is 5.16. The largest absolute Gasteiger partial charge is 0.375 e. The molecule has 1 aromatic carbocycles. The van der Waals surface area contributed by atoms with Crippen LogP contribution >= 0.6 is 0 Å². The fourth-order valence-electron chi connectivity index (χ4n) is 2.15. The summed E-state index contributed by atoms with van der Waals surface area (Å²) in [5.41, 5.74) is 1.35. The van der Waals surface area contributed by atoms with Gasteiger partial charge in [-0.2, -0.15) is 0 Å². The normalized spacial score (nSPS) is 29.0. The Bertz CT molecular complexity index is 276. The van der Waals surface area contributed by atoms with Crippen LogP contribution in [0.2, 0.25) is 0 Å². The Morgan fingerprint density at radius 1 is 1.29 bits per heavy atom. The van der Waals surface area contributed by atoms with Crippen LogP contribution in [0.15, 0.2) is 30.3 Å². The predicted octanol–water partition coefficient (Wildman–Crippen LogP) is 2.08. The molecule has 14 heavy (non-hydrogen) atoms. The second-order valence-corrected chi connectivity index (χ2v) is 3.91. The molecule has 2 heteroatoms. The van der Waals surface area contributed by atoms with Crippen LogP contribution in [0.1, 0.15) is 18.5 Å². The molecule has 2 nitrogen and oxygen atoms in total. The van der Waals surface area contributed by atoms with Crippen LogP contribution in [0, 0.1) is 0 Å². The van der Waals surface area contributed by atoms with E-state index >= 15 is 0 Å². The third-order valence-electron chi connectivity index (χ3n) is 2.89. The van der Waals surface area contributed by atoms with Gasteiger partial charge in [0.25, 0.3) is 0 Å². The standard InChI is InChI=1S/C12H17NO/c1-10-12(13(2)8-9-14-10)11-6-4-3-5-7-11/h3-7,10,12H,8-9H2,1-2H3/t10-,12+/m1/s1. The molecule has 1 aliphatic heterocycles. The molecule has 0 aromatic heterocycles. The Morgan fingerprint density at radius 2 is 2.00 bits per heavy atom. The van der Waals surface area contributed by atoms with E-state index in [0.29, 0.717) is 6.04 Å². The van der Waals surface area contributed by atoms with Gasteiger partial charge in [-0.25, -0.2) is 0 Å². The third-order valence-corrected chi connectivity index (χ3v) is 2.89. The molecule has 76 valence electrons. The first-order chi connectivity index (χ1) is 6.79. The predicted molar refractivity (Wildman–Crippen MR) is 57.2 cm³/mol. The van der Waals surface area contributed by atoms with E-state index in [4.69, 9.17) is 4.74 Å². The van der Waals surface area contributed by atoms with Crippen LogP contribution in [0.5, 0.6) is 0 Å². The number of hydrogen-bond acceptors (Lipinski definition) is 2. The Kier molecular flexibility index (Phi) is 2.85. The quantitative estimate of drug-likeness (QED) is 0.674. The fourth-order valence-corrected chi connectivity index (χ4v) is 2.15. The molecule has 1 aromatic rings. The molecule has 1 fully saturated rings. The number of benzene rings is 1. The van der Waals surface area contributed by atoms with Crippen LogP contribution in [0.25, 0.3) is 0 Å². The van der Waals surface area contributed by atoms with Crippen molar-refractivity contribution >= 4 is 0 Å². The lowest BCUT2D eigenvalue weighted by molar-refractivity contribution is -0.0528. The maximum Gasteiger partial charge on any atom is 0.0744 e. The number of likely N-dealkylation sites (N-methyl/N-ethyl adjacent to an activating group) is 1. The highest BCUT2D eigenvalue weighted by Gasteiger charge is 2.27. The highest BCUT2D eigenvalue weighted by molar-refractivity contribution is 5.20.